The van der Waals surface area contributed by atoms with Crippen LogP contribution in [0.2, 0.25) is 0 Å². The molecule has 0 atom stereocenters. The van der Waals surface area contributed by atoms with Crippen LogP contribution in [0.25, 0.3) is 0 Å². The zero-order valence-electron chi connectivity index (χ0n) is 12.2. The lowest BCUT2D eigenvalue weighted by molar-refractivity contribution is 0.104. The third-order valence-electron chi connectivity index (χ3n) is 4.79. The molecule has 0 aromatic heterocycles. The Morgan fingerprint density at radius 2 is 1.79 bits per heavy atom. The lowest BCUT2D eigenvalue weighted by atomic mass is 9.56. The molecule has 0 bridgehead atoms. The van der Waals surface area contributed by atoms with Crippen LogP contribution in [0.1, 0.15) is 52.0 Å². The van der Waals surface area contributed by atoms with E-state index in [4.69, 9.17) is 0 Å². The van der Waals surface area contributed by atoms with Gasteiger partial charge in [-0.15, -0.1) is 0 Å². The molecule has 2 aliphatic carbocycles. The maximum atomic E-state index is 14.2. The minimum atomic E-state index is -0.0336. The minimum Gasteiger partial charge on any atom is -0.311 e. The zero-order valence-corrected chi connectivity index (χ0v) is 12.2. The van der Waals surface area contributed by atoms with Crippen LogP contribution < -0.4 is 5.32 Å². The molecule has 2 heteroatoms. The van der Waals surface area contributed by atoms with Gasteiger partial charge in [0.25, 0.3) is 0 Å². The van der Waals surface area contributed by atoms with Gasteiger partial charge in [-0.1, -0.05) is 18.2 Å². The highest BCUT2D eigenvalue weighted by Gasteiger charge is 2.61. The Morgan fingerprint density at radius 3 is 2.32 bits per heavy atom. The summed E-state index contributed by atoms with van der Waals surface area (Å²) in [4.78, 5) is 0. The second-order valence-electron chi connectivity index (χ2n) is 7.72. The highest BCUT2D eigenvalue weighted by atomic mass is 19.1. The van der Waals surface area contributed by atoms with Gasteiger partial charge in [-0.25, -0.2) is 4.39 Å². The second kappa shape index (κ2) is 4.05. The molecule has 2 aliphatic rings. The number of rotatable bonds is 3. The van der Waals surface area contributed by atoms with Gasteiger partial charge < -0.3 is 5.32 Å². The Labute approximate surface area is 115 Å². The number of nitrogens with one attached hydrogen (secondary N) is 1. The van der Waals surface area contributed by atoms with E-state index in [1.807, 2.05) is 12.1 Å². The average Bonchev–Trinajstić information content (AvgIpc) is 3.04. The minimum absolute atomic E-state index is 0.0229. The van der Waals surface area contributed by atoms with Gasteiger partial charge in [0.05, 0.1) is 0 Å². The molecule has 3 rings (SSSR count). The third-order valence-corrected chi connectivity index (χ3v) is 4.79. The Hall–Kier alpha value is -0.890. The molecule has 1 nitrogen and oxygen atoms in total. The first kappa shape index (κ1) is 13.1. The molecule has 1 aromatic carbocycles. The first-order valence-electron chi connectivity index (χ1n) is 7.34. The van der Waals surface area contributed by atoms with Crippen molar-refractivity contribution in [1.29, 1.82) is 0 Å². The molecule has 1 N–H and O–H groups in total. The van der Waals surface area contributed by atoms with Crippen molar-refractivity contribution in [3.05, 3.63) is 35.6 Å². The van der Waals surface area contributed by atoms with Gasteiger partial charge in [0.2, 0.25) is 0 Å². The molecule has 0 unspecified atom stereocenters. The first-order chi connectivity index (χ1) is 8.84. The van der Waals surface area contributed by atoms with E-state index >= 15 is 0 Å². The lowest BCUT2D eigenvalue weighted by Crippen LogP contribution is -2.53. The Bertz CT molecular complexity index is 474. The SMILES string of the molecule is CC(C)(C)NCC1(c2ccccc2F)CC2(CC2)C1. The highest BCUT2D eigenvalue weighted by molar-refractivity contribution is 5.34. The molecule has 0 amide bonds. The van der Waals surface area contributed by atoms with E-state index in [-0.39, 0.29) is 16.8 Å². The van der Waals surface area contributed by atoms with Crippen LogP contribution in [0.3, 0.4) is 0 Å². The van der Waals surface area contributed by atoms with E-state index in [0.29, 0.717) is 5.41 Å². The monoisotopic (exact) mass is 261 g/mol. The number of halogens is 1. The van der Waals surface area contributed by atoms with Crippen LogP contribution in [0.5, 0.6) is 0 Å². The van der Waals surface area contributed by atoms with Crippen LogP contribution in [-0.4, -0.2) is 12.1 Å². The number of benzene rings is 1. The van der Waals surface area contributed by atoms with E-state index in [0.717, 1.165) is 24.9 Å². The van der Waals surface area contributed by atoms with Crippen molar-refractivity contribution in [2.45, 2.75) is 57.4 Å². The Morgan fingerprint density at radius 1 is 1.16 bits per heavy atom. The predicted molar refractivity (Wildman–Crippen MR) is 76.7 cm³/mol. The second-order valence-corrected chi connectivity index (χ2v) is 7.72. The van der Waals surface area contributed by atoms with Crippen molar-refractivity contribution in [3.63, 3.8) is 0 Å². The van der Waals surface area contributed by atoms with E-state index in [9.17, 15) is 4.39 Å². The number of hydrogen-bond acceptors (Lipinski definition) is 1. The zero-order chi connectivity index (χ0) is 13.7. The molecule has 0 radical (unpaired) electrons. The summed E-state index contributed by atoms with van der Waals surface area (Å²) in [6.45, 7) is 7.41. The summed E-state index contributed by atoms with van der Waals surface area (Å²) in [5.74, 6) is -0.0336. The molecule has 2 fully saturated rings. The Kier molecular flexibility index (Phi) is 2.79. The van der Waals surface area contributed by atoms with Crippen LogP contribution in [0, 0.1) is 11.2 Å². The number of hydrogen-bond donors (Lipinski definition) is 1. The van der Waals surface area contributed by atoms with E-state index in [1.165, 1.54) is 12.8 Å². The maximum absolute atomic E-state index is 14.2. The fraction of sp³-hybridized carbons (Fsp3) is 0.647. The van der Waals surface area contributed by atoms with Gasteiger partial charge in [-0.3, -0.25) is 0 Å². The topological polar surface area (TPSA) is 12.0 Å². The fourth-order valence-electron chi connectivity index (χ4n) is 3.65. The van der Waals surface area contributed by atoms with Gasteiger partial charge in [0, 0.05) is 17.5 Å². The molecule has 1 aromatic rings. The highest BCUT2D eigenvalue weighted by Crippen LogP contribution is 2.68. The van der Waals surface area contributed by atoms with Crippen LogP contribution in [-0.2, 0) is 5.41 Å². The lowest BCUT2D eigenvalue weighted by Gasteiger charge is -2.50. The molecular formula is C17H24FN. The van der Waals surface area contributed by atoms with Crippen molar-refractivity contribution in [1.82, 2.24) is 5.32 Å². The molecule has 0 saturated heterocycles. The average molecular weight is 261 g/mol. The van der Waals surface area contributed by atoms with Gasteiger partial charge >= 0.3 is 0 Å². The van der Waals surface area contributed by atoms with Gasteiger partial charge in [-0.05, 0) is 63.5 Å². The van der Waals surface area contributed by atoms with Crippen LogP contribution in [0.4, 0.5) is 4.39 Å². The molecule has 2 saturated carbocycles. The summed E-state index contributed by atoms with van der Waals surface area (Å²) in [7, 11) is 0. The van der Waals surface area contributed by atoms with Crippen molar-refractivity contribution >= 4 is 0 Å². The van der Waals surface area contributed by atoms with Gasteiger partial charge in [0.15, 0.2) is 0 Å². The van der Waals surface area contributed by atoms with E-state index < -0.39 is 0 Å². The standard InChI is InChI=1S/C17H24FN/c1-15(2,3)19-12-17(10-16(11-17)8-9-16)13-6-4-5-7-14(13)18/h4-7,19H,8-12H2,1-3H3. The first-order valence-corrected chi connectivity index (χ1v) is 7.34. The summed E-state index contributed by atoms with van der Waals surface area (Å²) in [6, 6.07) is 7.34. The van der Waals surface area contributed by atoms with Crippen molar-refractivity contribution in [2.75, 3.05) is 6.54 Å². The van der Waals surface area contributed by atoms with Crippen molar-refractivity contribution < 1.29 is 4.39 Å². The summed E-state index contributed by atoms with van der Waals surface area (Å²) in [5, 5.41) is 3.59. The fourth-order valence-corrected chi connectivity index (χ4v) is 3.65. The normalized spacial score (nSPS) is 23.2. The van der Waals surface area contributed by atoms with Crippen LogP contribution in [0.15, 0.2) is 24.3 Å². The summed E-state index contributed by atoms with van der Waals surface area (Å²) in [5.41, 5.74) is 1.60. The quantitative estimate of drug-likeness (QED) is 0.866. The van der Waals surface area contributed by atoms with E-state index in [2.05, 4.69) is 26.1 Å². The third kappa shape index (κ3) is 2.43. The smallest absolute Gasteiger partial charge is 0.127 e. The molecule has 1 spiro atoms. The molecule has 19 heavy (non-hydrogen) atoms. The summed E-state index contributed by atoms with van der Waals surface area (Å²) < 4.78 is 14.2. The molecule has 0 heterocycles. The Balaban J connectivity index is 1.84. The summed E-state index contributed by atoms with van der Waals surface area (Å²) in [6.07, 6.45) is 5.01. The largest absolute Gasteiger partial charge is 0.311 e. The van der Waals surface area contributed by atoms with Gasteiger partial charge in [-0.2, -0.15) is 0 Å². The molecule has 0 aliphatic heterocycles. The van der Waals surface area contributed by atoms with Crippen molar-refractivity contribution in [3.8, 4) is 0 Å². The molecule has 104 valence electrons. The van der Waals surface area contributed by atoms with Crippen LogP contribution >= 0.6 is 0 Å². The van der Waals surface area contributed by atoms with E-state index in [1.54, 1.807) is 12.1 Å². The predicted octanol–water partition coefficient (Wildman–Crippen LogP) is 4.03. The van der Waals surface area contributed by atoms with Gasteiger partial charge in [0.1, 0.15) is 5.82 Å². The van der Waals surface area contributed by atoms with Crippen molar-refractivity contribution in [2.24, 2.45) is 5.41 Å². The molecular weight excluding hydrogens is 237 g/mol. The summed E-state index contributed by atoms with van der Waals surface area (Å²) >= 11 is 0. The maximum Gasteiger partial charge on any atom is 0.127 e.